The molecule has 4 nitrogen and oxygen atoms in total. The molecule has 2 aromatic carbocycles. The molecule has 0 aliphatic rings. The fourth-order valence-corrected chi connectivity index (χ4v) is 2.16. The van der Waals surface area contributed by atoms with Crippen molar-refractivity contribution in [2.75, 3.05) is 0 Å². The summed E-state index contributed by atoms with van der Waals surface area (Å²) in [7, 11) is 0. The first-order valence-electron chi connectivity index (χ1n) is 6.66. The molecule has 1 unspecified atom stereocenters. The zero-order valence-corrected chi connectivity index (χ0v) is 11.5. The first-order chi connectivity index (χ1) is 9.66. The van der Waals surface area contributed by atoms with E-state index in [2.05, 4.69) is 24.4 Å². The maximum atomic E-state index is 10.9. The molecule has 1 N–H and O–H groups in total. The van der Waals surface area contributed by atoms with Crippen LogP contribution in [0.3, 0.4) is 0 Å². The summed E-state index contributed by atoms with van der Waals surface area (Å²) in [6.45, 7) is 2.59. The van der Waals surface area contributed by atoms with Gasteiger partial charge in [-0.3, -0.25) is 10.1 Å². The molecule has 0 bridgehead atoms. The summed E-state index contributed by atoms with van der Waals surface area (Å²) < 4.78 is 0. The molecule has 104 valence electrons. The SMILES string of the molecule is CC(Cc1ccccc1)NCc1ccccc1[N+](=O)[O-]. The Balaban J connectivity index is 1.94. The van der Waals surface area contributed by atoms with Crippen LogP contribution in [0.5, 0.6) is 0 Å². The molecule has 0 radical (unpaired) electrons. The van der Waals surface area contributed by atoms with Gasteiger partial charge in [-0.2, -0.15) is 0 Å². The zero-order valence-electron chi connectivity index (χ0n) is 11.5. The van der Waals surface area contributed by atoms with Gasteiger partial charge in [-0.1, -0.05) is 48.5 Å². The van der Waals surface area contributed by atoms with E-state index in [-0.39, 0.29) is 16.7 Å². The Kier molecular flexibility index (Phi) is 4.85. The lowest BCUT2D eigenvalue weighted by Crippen LogP contribution is -2.27. The van der Waals surface area contributed by atoms with Gasteiger partial charge >= 0.3 is 0 Å². The van der Waals surface area contributed by atoms with Gasteiger partial charge < -0.3 is 5.32 Å². The molecular formula is C16H18N2O2. The number of hydrogen-bond acceptors (Lipinski definition) is 3. The van der Waals surface area contributed by atoms with Gasteiger partial charge in [-0.25, -0.2) is 0 Å². The Bertz CT molecular complexity index is 570. The van der Waals surface area contributed by atoms with Crippen molar-refractivity contribution in [2.24, 2.45) is 0 Å². The summed E-state index contributed by atoms with van der Waals surface area (Å²) in [5.74, 6) is 0. The highest BCUT2D eigenvalue weighted by molar-refractivity contribution is 5.39. The summed E-state index contributed by atoms with van der Waals surface area (Å²) in [5.41, 5.74) is 2.15. The summed E-state index contributed by atoms with van der Waals surface area (Å²) >= 11 is 0. The maximum absolute atomic E-state index is 10.9. The van der Waals surface area contributed by atoms with E-state index < -0.39 is 0 Å². The number of rotatable bonds is 6. The third kappa shape index (κ3) is 3.90. The van der Waals surface area contributed by atoms with Gasteiger partial charge in [0.15, 0.2) is 0 Å². The highest BCUT2D eigenvalue weighted by Crippen LogP contribution is 2.17. The predicted octanol–water partition coefficient (Wildman–Crippen LogP) is 3.32. The number of para-hydroxylation sites is 1. The van der Waals surface area contributed by atoms with Crippen molar-refractivity contribution in [1.29, 1.82) is 0 Å². The Morgan fingerprint density at radius 3 is 2.45 bits per heavy atom. The molecule has 0 fully saturated rings. The first-order valence-corrected chi connectivity index (χ1v) is 6.66. The molecule has 2 aromatic rings. The van der Waals surface area contributed by atoms with E-state index in [4.69, 9.17) is 0 Å². The lowest BCUT2D eigenvalue weighted by atomic mass is 10.1. The Labute approximate surface area is 118 Å². The number of nitro benzene ring substituents is 1. The van der Waals surface area contributed by atoms with Crippen LogP contribution in [-0.4, -0.2) is 11.0 Å². The standard InChI is InChI=1S/C16H18N2O2/c1-13(11-14-7-3-2-4-8-14)17-12-15-9-5-6-10-16(15)18(19)20/h2-10,13,17H,11-12H2,1H3. The highest BCUT2D eigenvalue weighted by atomic mass is 16.6. The molecule has 20 heavy (non-hydrogen) atoms. The van der Waals surface area contributed by atoms with Crippen molar-refractivity contribution in [3.8, 4) is 0 Å². The van der Waals surface area contributed by atoms with Crippen molar-refractivity contribution < 1.29 is 4.92 Å². The second kappa shape index (κ2) is 6.82. The lowest BCUT2D eigenvalue weighted by molar-refractivity contribution is -0.385. The molecule has 0 saturated carbocycles. The molecule has 1 atom stereocenters. The van der Waals surface area contributed by atoms with Gasteiger partial charge in [-0.05, 0) is 18.9 Å². The molecule has 2 rings (SSSR count). The predicted molar refractivity (Wildman–Crippen MR) is 79.5 cm³/mol. The number of nitrogens with zero attached hydrogens (tertiary/aromatic N) is 1. The second-order valence-electron chi connectivity index (χ2n) is 4.86. The molecule has 0 aliphatic heterocycles. The quantitative estimate of drug-likeness (QED) is 0.647. The van der Waals surface area contributed by atoms with E-state index in [1.807, 2.05) is 24.3 Å². The molecule has 0 saturated heterocycles. The summed E-state index contributed by atoms with van der Waals surface area (Å²) in [5, 5.41) is 14.3. The monoisotopic (exact) mass is 270 g/mol. The maximum Gasteiger partial charge on any atom is 0.273 e. The lowest BCUT2D eigenvalue weighted by Gasteiger charge is -2.14. The molecule has 0 heterocycles. The minimum atomic E-state index is -0.334. The molecule has 0 aliphatic carbocycles. The first kappa shape index (κ1) is 14.2. The van der Waals surface area contributed by atoms with Crippen molar-refractivity contribution in [2.45, 2.75) is 25.9 Å². The van der Waals surface area contributed by atoms with Crippen LogP contribution < -0.4 is 5.32 Å². The average molecular weight is 270 g/mol. The fraction of sp³-hybridized carbons (Fsp3) is 0.250. The molecule has 4 heteroatoms. The van der Waals surface area contributed by atoms with E-state index in [1.165, 1.54) is 5.56 Å². The van der Waals surface area contributed by atoms with Crippen LogP contribution in [0.15, 0.2) is 54.6 Å². The van der Waals surface area contributed by atoms with E-state index in [9.17, 15) is 10.1 Å². The number of nitrogens with one attached hydrogen (secondary N) is 1. The van der Waals surface area contributed by atoms with E-state index in [0.29, 0.717) is 6.54 Å². The summed E-state index contributed by atoms with van der Waals surface area (Å²) in [6, 6.07) is 17.3. The van der Waals surface area contributed by atoms with E-state index >= 15 is 0 Å². The van der Waals surface area contributed by atoms with Gasteiger partial charge in [0.25, 0.3) is 5.69 Å². The highest BCUT2D eigenvalue weighted by Gasteiger charge is 2.12. The van der Waals surface area contributed by atoms with Crippen LogP contribution in [0.2, 0.25) is 0 Å². The van der Waals surface area contributed by atoms with Crippen molar-refractivity contribution >= 4 is 5.69 Å². The Hall–Kier alpha value is -2.20. The largest absolute Gasteiger partial charge is 0.310 e. The van der Waals surface area contributed by atoms with Gasteiger partial charge in [0.05, 0.1) is 4.92 Å². The van der Waals surface area contributed by atoms with Gasteiger partial charge in [0.1, 0.15) is 0 Å². The smallest absolute Gasteiger partial charge is 0.273 e. The molecular weight excluding hydrogens is 252 g/mol. The molecule has 0 amide bonds. The van der Waals surface area contributed by atoms with E-state index in [0.717, 1.165) is 12.0 Å². The topological polar surface area (TPSA) is 55.2 Å². The number of nitro groups is 1. The fourth-order valence-electron chi connectivity index (χ4n) is 2.16. The van der Waals surface area contributed by atoms with E-state index in [1.54, 1.807) is 18.2 Å². The summed E-state index contributed by atoms with van der Waals surface area (Å²) in [6.07, 6.45) is 0.904. The van der Waals surface area contributed by atoms with Crippen molar-refractivity contribution in [1.82, 2.24) is 5.32 Å². The third-order valence-corrected chi connectivity index (χ3v) is 3.21. The number of hydrogen-bond donors (Lipinski definition) is 1. The van der Waals surface area contributed by atoms with Crippen LogP contribution in [0.25, 0.3) is 0 Å². The number of benzene rings is 2. The normalized spacial score (nSPS) is 12.1. The van der Waals surface area contributed by atoms with Gasteiger partial charge in [0, 0.05) is 24.2 Å². The minimum absolute atomic E-state index is 0.173. The van der Waals surface area contributed by atoms with Crippen LogP contribution in [0, 0.1) is 10.1 Å². The van der Waals surface area contributed by atoms with Crippen molar-refractivity contribution in [3.63, 3.8) is 0 Å². The zero-order chi connectivity index (χ0) is 14.4. The van der Waals surface area contributed by atoms with Gasteiger partial charge in [0.2, 0.25) is 0 Å². The third-order valence-electron chi connectivity index (χ3n) is 3.21. The van der Waals surface area contributed by atoms with Crippen LogP contribution in [-0.2, 0) is 13.0 Å². The Morgan fingerprint density at radius 2 is 1.75 bits per heavy atom. The van der Waals surface area contributed by atoms with Crippen molar-refractivity contribution in [3.05, 3.63) is 75.8 Å². The molecule has 0 spiro atoms. The van der Waals surface area contributed by atoms with Crippen LogP contribution >= 0.6 is 0 Å². The van der Waals surface area contributed by atoms with Crippen LogP contribution in [0.4, 0.5) is 5.69 Å². The summed E-state index contributed by atoms with van der Waals surface area (Å²) in [4.78, 5) is 10.6. The second-order valence-corrected chi connectivity index (χ2v) is 4.86. The minimum Gasteiger partial charge on any atom is -0.310 e. The van der Waals surface area contributed by atoms with Crippen LogP contribution in [0.1, 0.15) is 18.1 Å². The Morgan fingerprint density at radius 1 is 1.10 bits per heavy atom. The average Bonchev–Trinajstić information content (AvgIpc) is 2.46. The molecule has 0 aromatic heterocycles. The van der Waals surface area contributed by atoms with Gasteiger partial charge in [-0.15, -0.1) is 0 Å².